The third-order valence-electron chi connectivity index (χ3n) is 16.3. The maximum atomic E-state index is 12.8. The van der Waals surface area contributed by atoms with Crippen LogP contribution in [0.25, 0.3) is 67.5 Å². The van der Waals surface area contributed by atoms with Crippen molar-refractivity contribution in [2.75, 3.05) is 28.4 Å². The number of hydrogen-bond donors (Lipinski definition) is 6. The molecular weight excluding hydrogens is 1890 g/mol. The number of esters is 1. The number of ether oxygens (including phenoxy) is 4. The number of nitrogens with zero attached hydrogens (tertiary/aromatic N) is 12. The summed E-state index contributed by atoms with van der Waals surface area (Å²) in [7, 11) is 6.31. The summed E-state index contributed by atoms with van der Waals surface area (Å²) in [6, 6.07) is 46.7. The van der Waals surface area contributed by atoms with Gasteiger partial charge in [-0.15, -0.1) is 35.7 Å². The zero-order valence-corrected chi connectivity index (χ0v) is 74.3. The van der Waals surface area contributed by atoms with Gasteiger partial charge in [-0.25, -0.2) is 40.3 Å². The average Bonchev–Trinajstić information content (AvgIpc) is 0.798. The highest BCUT2D eigenvalue weighted by Crippen LogP contribution is 2.31. The Morgan fingerprint density at radius 2 is 0.698 bits per heavy atom. The van der Waals surface area contributed by atoms with Gasteiger partial charge < -0.3 is 33.7 Å². The van der Waals surface area contributed by atoms with Crippen LogP contribution in [0.1, 0.15) is 49.2 Å². The Hall–Kier alpha value is -13.7. The Labute approximate surface area is 766 Å². The first kappa shape index (κ1) is 102. The summed E-state index contributed by atoms with van der Waals surface area (Å²) in [6.45, 7) is 8.33. The number of carbonyl (C=O) groups is 2. The summed E-state index contributed by atoms with van der Waals surface area (Å²) in [6.07, 6.45) is 0. The number of nitrogens with one attached hydrogen (secondary N) is 4. The molecule has 6 N–H and O–H groups in total. The number of aryl methyl sites for hydroxylation is 5. The van der Waals surface area contributed by atoms with Crippen LogP contribution < -0.4 is 40.6 Å². The van der Waals surface area contributed by atoms with Crippen LogP contribution in [0, 0.1) is 75.3 Å². The molecule has 0 aliphatic rings. The molecule has 0 fully saturated rings. The zero-order valence-electron chi connectivity index (χ0n) is 68.2. The quantitative estimate of drug-likeness (QED) is 0.0355. The number of rotatable bonds is 13. The number of hydrogen-bond acceptors (Lipinski definition) is 24. The van der Waals surface area contributed by atoms with Gasteiger partial charge in [-0.1, -0.05) is 69.6 Å². The lowest BCUT2D eigenvalue weighted by atomic mass is 10.1. The van der Waals surface area contributed by atoms with Gasteiger partial charge in [0.05, 0.1) is 43.6 Å². The van der Waals surface area contributed by atoms with E-state index in [4.69, 9.17) is 93.9 Å². The van der Waals surface area contributed by atoms with E-state index in [1.165, 1.54) is 192 Å². The van der Waals surface area contributed by atoms with Crippen LogP contribution in [0.4, 0.5) is 30.7 Å². The first-order valence-corrected chi connectivity index (χ1v) is 39.3. The SMILES string of the molecule is COC(=O)c1c(C)[nH]nc(-c2ccc(F)cc2)c1=O.COc1cc(C)nnc1-c1ccc(F)cc1.COc1cc(Cl)nnc1-c1ccc(F)cc1.COc1cc(Cl)nnc1Cl.Cc1[nH]nc(-c2ccc(F)cc2)c(=O)c1Br.Cc1[nH]nc(-c2ccc(F)cc2)c(=O)c1C(=O)O.Cc1cc(=O)c(-c2ccc(F)cc2)n[nH]1.Clc1cc(Cl)c(Cl)nn1.O[B]Oc1ccc(F)cc1. The third kappa shape index (κ3) is 31.1. The number of carbonyl (C=O) groups excluding carboxylic acids is 1. The van der Waals surface area contributed by atoms with Crippen molar-refractivity contribution >= 4 is 105 Å². The number of H-pyrrole nitrogens is 4. The van der Waals surface area contributed by atoms with Crippen molar-refractivity contribution in [2.45, 2.75) is 34.6 Å². The second kappa shape index (κ2) is 50.6. The van der Waals surface area contributed by atoms with Gasteiger partial charge in [0.25, 0.3) is 0 Å². The van der Waals surface area contributed by atoms with Gasteiger partial charge in [0.2, 0.25) is 21.7 Å². The molecule has 0 atom stereocenters. The molecule has 15 rings (SSSR count). The van der Waals surface area contributed by atoms with Crippen LogP contribution in [-0.4, -0.2) is 140 Å². The minimum Gasteiger partial charge on any atom is -0.537 e. The van der Waals surface area contributed by atoms with E-state index < -0.39 is 34.4 Å². The van der Waals surface area contributed by atoms with E-state index in [9.17, 15) is 59.5 Å². The van der Waals surface area contributed by atoms with Gasteiger partial charge in [0, 0.05) is 80.4 Å². The molecule has 0 aliphatic heterocycles. The van der Waals surface area contributed by atoms with E-state index in [0.717, 1.165) is 16.8 Å². The summed E-state index contributed by atoms with van der Waals surface area (Å²) in [4.78, 5) is 70.1. The highest BCUT2D eigenvalue weighted by molar-refractivity contribution is 9.10. The van der Waals surface area contributed by atoms with Crippen molar-refractivity contribution < 1.29 is 74.1 Å². The Balaban J connectivity index is 0.000000200. The van der Waals surface area contributed by atoms with Crippen LogP contribution in [0.2, 0.25) is 30.8 Å². The third-order valence-corrected chi connectivity index (χ3v) is 18.7. The molecule has 15 aromatic rings. The zero-order chi connectivity index (χ0) is 94.7. The molecule has 1 radical (unpaired) electrons. The van der Waals surface area contributed by atoms with E-state index in [1.54, 1.807) is 64.3 Å². The summed E-state index contributed by atoms with van der Waals surface area (Å²) in [5.41, 5.74) is 5.80. The van der Waals surface area contributed by atoms with Crippen LogP contribution >= 0.6 is 85.5 Å². The van der Waals surface area contributed by atoms with Gasteiger partial charge in [0.1, 0.15) is 103 Å². The number of methoxy groups -OCH3 is 4. The molecule has 0 bridgehead atoms. The number of carboxylic acid groups (broad SMARTS) is 1. The molecule has 7 aromatic carbocycles. The topological polar surface area (TPSA) is 407 Å². The normalized spacial score (nSPS) is 10.1. The van der Waals surface area contributed by atoms with Crippen molar-refractivity contribution in [3.05, 3.63) is 357 Å². The second-order valence-electron chi connectivity index (χ2n) is 25.2. The Morgan fingerprint density at radius 1 is 0.372 bits per heavy atom. The van der Waals surface area contributed by atoms with Crippen LogP contribution in [0.5, 0.6) is 23.0 Å². The minimum absolute atomic E-state index is 0.0435. The van der Waals surface area contributed by atoms with E-state index in [1.807, 2.05) is 6.92 Å². The van der Waals surface area contributed by atoms with Gasteiger partial charge in [-0.2, -0.15) is 25.5 Å². The number of aromatic nitrogens is 16. The van der Waals surface area contributed by atoms with Gasteiger partial charge in [0.15, 0.2) is 31.5 Å². The predicted octanol–water partition coefficient (Wildman–Crippen LogP) is 18.3. The van der Waals surface area contributed by atoms with E-state index >= 15 is 0 Å². The molecule has 0 saturated carbocycles. The summed E-state index contributed by atoms with van der Waals surface area (Å²) < 4.78 is 113. The average molecular weight is 1960 g/mol. The Bertz CT molecular complexity index is 6480. The van der Waals surface area contributed by atoms with Crippen molar-refractivity contribution in [3.63, 3.8) is 0 Å². The first-order chi connectivity index (χ1) is 61.5. The Kier molecular flexibility index (Phi) is 40.1. The minimum atomic E-state index is -1.32. The monoisotopic (exact) mass is 1950 g/mol. The maximum Gasteiger partial charge on any atom is 0.569 e. The molecule has 8 heterocycles. The number of carboxylic acids is 1. The fraction of sp³-hybridized carbons (Fsp3) is 0.106. The van der Waals surface area contributed by atoms with Gasteiger partial charge in [-0.3, -0.25) is 39.6 Å². The predicted molar refractivity (Wildman–Crippen MR) is 474 cm³/mol. The van der Waals surface area contributed by atoms with Crippen molar-refractivity contribution in [1.82, 2.24) is 81.6 Å². The molecule has 0 saturated heterocycles. The Morgan fingerprint density at radius 3 is 1.07 bits per heavy atom. The lowest BCUT2D eigenvalue weighted by Gasteiger charge is -2.07. The van der Waals surface area contributed by atoms with Gasteiger partial charge >= 0.3 is 19.6 Å². The molecule has 8 aromatic heterocycles. The fourth-order valence-electron chi connectivity index (χ4n) is 10.0. The summed E-state index contributed by atoms with van der Waals surface area (Å²) in [5.74, 6) is -2.51. The van der Waals surface area contributed by atoms with Crippen molar-refractivity contribution in [3.8, 4) is 90.5 Å². The molecule has 0 unspecified atom stereocenters. The molecule has 0 spiro atoms. The maximum absolute atomic E-state index is 12.8. The largest absolute Gasteiger partial charge is 0.569 e. The van der Waals surface area contributed by atoms with Crippen LogP contribution in [0.3, 0.4) is 0 Å². The van der Waals surface area contributed by atoms with Crippen LogP contribution in [-0.2, 0) is 4.74 Å². The summed E-state index contributed by atoms with van der Waals surface area (Å²) >= 11 is 36.2. The second-order valence-corrected chi connectivity index (χ2v) is 28.3. The molecule has 129 heavy (non-hydrogen) atoms. The first-order valence-electron chi connectivity index (χ1n) is 36.3. The lowest BCUT2D eigenvalue weighted by molar-refractivity contribution is 0.0596. The summed E-state index contributed by atoms with van der Waals surface area (Å²) in [5, 5.41) is 74.2. The molecule has 665 valence electrons. The molecule has 0 aliphatic carbocycles. The molecule has 0 amide bonds. The molecular formula is C85H66BBrCl6F7N16O13. The lowest BCUT2D eigenvalue weighted by Crippen LogP contribution is -2.22. The standard InChI is InChI=1S/C13H11FN2O3.C12H9FN2O3.C12H11FN2O.C11H8BrFN2O.C11H8ClFN2O.C11H9FN2O.C6H5BFO2.C5H4Cl2N2O.C4HCl3N2/c1-7-10(13(18)19-2)12(17)11(16-15-7)8-3-5-9(14)6-4-8;1-6-9(12(17)18)11(16)10(15-14-6)7-2-4-8(13)5-3-7;1-8-7-11(16-2)12(15-14-8)9-3-5-10(13)6-4-9;1-6-9(12)11(16)10(15-14-6)7-2-4-8(13)5-3-7;1-16-9-6-10(12)14-15-11(9)7-2-4-8(13)5-3-7;1-7-6-10(15)11(14-13-7)8-2-4-9(12)5-3-8;8-5-1-3-6(4-2-5)10-7-9;1-10-3-2-4(6)8-9-5(3)7;5-2-1-3(6)8-9-4(2)7/h3-6H,1-2H3,(H,15,17);2-5H,1H3,(H,14,16)(H,17,18);3-7H,1-2H3;2-5H,1H3,(H,14,16);2-6H,1H3;2-6H,1H3,(H,13,15);1-4,9H;2H,1H3;1H. The van der Waals surface area contributed by atoms with Crippen LogP contribution in [0.15, 0.2) is 224 Å². The van der Waals surface area contributed by atoms with E-state index in [2.05, 4.69) is 107 Å². The van der Waals surface area contributed by atoms with Crippen molar-refractivity contribution in [1.29, 1.82) is 0 Å². The molecule has 44 heteroatoms. The van der Waals surface area contributed by atoms with Gasteiger partial charge in [-0.05, 0) is 226 Å². The number of aromatic amines is 4. The van der Waals surface area contributed by atoms with E-state index in [-0.39, 0.29) is 99.6 Å². The smallest absolute Gasteiger partial charge is 0.537 e. The number of halogens is 14. The highest BCUT2D eigenvalue weighted by atomic mass is 79.9. The number of benzene rings is 7. The van der Waals surface area contributed by atoms with Crippen molar-refractivity contribution in [2.24, 2.45) is 0 Å². The highest BCUT2D eigenvalue weighted by Gasteiger charge is 2.22. The fourth-order valence-corrected chi connectivity index (χ4v) is 11.2. The number of aromatic carboxylic acids is 1. The molecule has 29 nitrogen and oxygen atoms in total. The van der Waals surface area contributed by atoms with E-state index in [0.29, 0.717) is 96.6 Å².